The Morgan fingerprint density at radius 1 is 1.56 bits per heavy atom. The second kappa shape index (κ2) is 4.70. The molecule has 0 unspecified atom stereocenters. The van der Waals surface area contributed by atoms with Gasteiger partial charge in [0.15, 0.2) is 0 Å². The molecule has 0 amide bonds. The van der Waals surface area contributed by atoms with Crippen molar-refractivity contribution < 1.29 is 14.3 Å². The number of carbonyl (C=O) groups is 1. The van der Waals surface area contributed by atoms with Gasteiger partial charge in [-0.3, -0.25) is 9.69 Å². The fourth-order valence-corrected chi connectivity index (χ4v) is 1.83. The van der Waals surface area contributed by atoms with Crippen LogP contribution in [-0.2, 0) is 11.3 Å². The molecule has 0 aromatic carbocycles. The van der Waals surface area contributed by atoms with E-state index < -0.39 is 5.97 Å². The minimum Gasteiger partial charge on any atom is -0.480 e. The quantitative estimate of drug-likeness (QED) is 0.800. The van der Waals surface area contributed by atoms with Gasteiger partial charge in [-0.2, -0.15) is 0 Å². The summed E-state index contributed by atoms with van der Waals surface area (Å²) in [6.07, 6.45) is 2.46. The highest BCUT2D eigenvalue weighted by molar-refractivity contribution is 5.69. The van der Waals surface area contributed by atoms with Gasteiger partial charge in [-0.1, -0.05) is 0 Å². The van der Waals surface area contributed by atoms with Crippen molar-refractivity contribution in [3.63, 3.8) is 0 Å². The van der Waals surface area contributed by atoms with Crippen LogP contribution in [0.3, 0.4) is 0 Å². The van der Waals surface area contributed by atoms with Crippen LogP contribution in [0.15, 0.2) is 16.5 Å². The van der Waals surface area contributed by atoms with Crippen LogP contribution in [0.25, 0.3) is 0 Å². The van der Waals surface area contributed by atoms with Crippen molar-refractivity contribution in [2.75, 3.05) is 13.1 Å². The van der Waals surface area contributed by atoms with E-state index in [0.717, 1.165) is 18.1 Å². The van der Waals surface area contributed by atoms with E-state index in [1.54, 1.807) is 0 Å². The smallest absolute Gasteiger partial charge is 0.317 e. The predicted octanol–water partition coefficient (Wildman–Crippen LogP) is 1.88. The molecular weight excluding hydrogens is 206 g/mol. The van der Waals surface area contributed by atoms with Crippen LogP contribution >= 0.6 is 0 Å². The lowest BCUT2D eigenvalue weighted by Crippen LogP contribution is -2.31. The maximum Gasteiger partial charge on any atom is 0.317 e. The number of aliphatic carboxylic acids is 1. The number of hydrogen-bond acceptors (Lipinski definition) is 3. The van der Waals surface area contributed by atoms with Crippen molar-refractivity contribution in [3.8, 4) is 0 Å². The van der Waals surface area contributed by atoms with Crippen molar-refractivity contribution in [3.05, 3.63) is 23.7 Å². The maximum atomic E-state index is 10.7. The zero-order valence-electron chi connectivity index (χ0n) is 9.48. The SMILES string of the molecule is Cc1ccc(CN(CC(=O)O)CC2CC2)o1. The molecule has 1 N–H and O–H groups in total. The van der Waals surface area contributed by atoms with Gasteiger partial charge in [-0.25, -0.2) is 0 Å². The molecule has 1 heterocycles. The minimum atomic E-state index is -0.774. The molecule has 1 saturated carbocycles. The normalized spacial score (nSPS) is 15.6. The van der Waals surface area contributed by atoms with E-state index >= 15 is 0 Å². The Bertz CT molecular complexity index is 368. The highest BCUT2D eigenvalue weighted by atomic mass is 16.4. The zero-order valence-corrected chi connectivity index (χ0v) is 9.48. The average Bonchev–Trinajstić information content (AvgIpc) is 2.89. The summed E-state index contributed by atoms with van der Waals surface area (Å²) >= 11 is 0. The van der Waals surface area contributed by atoms with E-state index in [1.165, 1.54) is 12.8 Å². The summed E-state index contributed by atoms with van der Waals surface area (Å²) in [4.78, 5) is 12.7. The monoisotopic (exact) mass is 223 g/mol. The van der Waals surface area contributed by atoms with Crippen LogP contribution in [0.2, 0.25) is 0 Å². The van der Waals surface area contributed by atoms with E-state index in [4.69, 9.17) is 9.52 Å². The van der Waals surface area contributed by atoms with Gasteiger partial charge in [-0.15, -0.1) is 0 Å². The lowest BCUT2D eigenvalue weighted by Gasteiger charge is -2.18. The van der Waals surface area contributed by atoms with Crippen molar-refractivity contribution in [1.29, 1.82) is 0 Å². The third-order valence-electron chi connectivity index (χ3n) is 2.75. The molecule has 0 aliphatic heterocycles. The van der Waals surface area contributed by atoms with Crippen molar-refractivity contribution >= 4 is 5.97 Å². The van der Waals surface area contributed by atoms with E-state index in [9.17, 15) is 4.79 Å². The number of furan rings is 1. The molecule has 0 saturated heterocycles. The van der Waals surface area contributed by atoms with Crippen LogP contribution in [0.5, 0.6) is 0 Å². The van der Waals surface area contributed by atoms with E-state index in [0.29, 0.717) is 12.5 Å². The standard InChI is InChI=1S/C12H17NO3/c1-9-2-5-11(16-9)7-13(8-12(14)15)6-10-3-4-10/h2,5,10H,3-4,6-8H2,1H3,(H,14,15). The van der Waals surface area contributed by atoms with Gasteiger partial charge in [0, 0.05) is 6.54 Å². The second-order valence-corrected chi connectivity index (χ2v) is 4.52. The number of hydrogen-bond donors (Lipinski definition) is 1. The molecule has 1 aromatic rings. The van der Waals surface area contributed by atoms with Gasteiger partial charge in [0.2, 0.25) is 0 Å². The molecule has 4 heteroatoms. The van der Waals surface area contributed by atoms with Crippen LogP contribution in [0, 0.1) is 12.8 Å². The maximum absolute atomic E-state index is 10.7. The predicted molar refractivity (Wildman–Crippen MR) is 59.1 cm³/mol. The fourth-order valence-electron chi connectivity index (χ4n) is 1.83. The van der Waals surface area contributed by atoms with Crippen LogP contribution in [-0.4, -0.2) is 29.1 Å². The molecular formula is C12H17NO3. The molecule has 0 radical (unpaired) electrons. The van der Waals surface area contributed by atoms with Crippen LogP contribution in [0.4, 0.5) is 0 Å². The van der Waals surface area contributed by atoms with Crippen molar-refractivity contribution in [2.24, 2.45) is 5.92 Å². The highest BCUT2D eigenvalue weighted by Gasteiger charge is 2.25. The molecule has 0 bridgehead atoms. The number of rotatable bonds is 6. The first-order chi connectivity index (χ1) is 7.63. The average molecular weight is 223 g/mol. The molecule has 16 heavy (non-hydrogen) atoms. The van der Waals surface area contributed by atoms with Gasteiger partial charge in [0.25, 0.3) is 0 Å². The molecule has 1 aliphatic rings. The van der Waals surface area contributed by atoms with Gasteiger partial charge in [0.1, 0.15) is 11.5 Å². The lowest BCUT2D eigenvalue weighted by molar-refractivity contribution is -0.138. The van der Waals surface area contributed by atoms with Crippen LogP contribution in [0.1, 0.15) is 24.4 Å². The third-order valence-corrected chi connectivity index (χ3v) is 2.75. The van der Waals surface area contributed by atoms with Gasteiger partial charge in [-0.05, 0) is 37.8 Å². The summed E-state index contributed by atoms with van der Waals surface area (Å²) in [6, 6.07) is 3.82. The number of nitrogens with zero attached hydrogens (tertiary/aromatic N) is 1. The van der Waals surface area contributed by atoms with E-state index in [2.05, 4.69) is 0 Å². The molecule has 1 aromatic heterocycles. The molecule has 1 fully saturated rings. The Kier molecular flexibility index (Phi) is 3.29. The van der Waals surface area contributed by atoms with Gasteiger partial charge in [0.05, 0.1) is 13.1 Å². The topological polar surface area (TPSA) is 53.7 Å². The number of aryl methyl sites for hydroxylation is 1. The van der Waals surface area contributed by atoms with Gasteiger partial charge < -0.3 is 9.52 Å². The first-order valence-corrected chi connectivity index (χ1v) is 5.63. The zero-order chi connectivity index (χ0) is 11.5. The van der Waals surface area contributed by atoms with Gasteiger partial charge >= 0.3 is 5.97 Å². The Balaban J connectivity index is 1.91. The Labute approximate surface area is 94.9 Å². The van der Waals surface area contributed by atoms with E-state index in [1.807, 2.05) is 24.0 Å². The van der Waals surface area contributed by atoms with Crippen molar-refractivity contribution in [1.82, 2.24) is 4.90 Å². The summed E-state index contributed by atoms with van der Waals surface area (Å²) in [7, 11) is 0. The lowest BCUT2D eigenvalue weighted by atomic mass is 10.3. The number of carboxylic acids is 1. The molecule has 1 aliphatic carbocycles. The van der Waals surface area contributed by atoms with E-state index in [-0.39, 0.29) is 6.54 Å². The van der Waals surface area contributed by atoms with Crippen molar-refractivity contribution in [2.45, 2.75) is 26.3 Å². The largest absolute Gasteiger partial charge is 0.480 e. The first kappa shape index (κ1) is 11.2. The van der Waals surface area contributed by atoms with Crippen LogP contribution < -0.4 is 0 Å². The first-order valence-electron chi connectivity index (χ1n) is 5.63. The highest BCUT2D eigenvalue weighted by Crippen LogP contribution is 2.30. The number of carboxylic acid groups (broad SMARTS) is 1. The molecule has 0 spiro atoms. The Morgan fingerprint density at radius 3 is 2.81 bits per heavy atom. The second-order valence-electron chi connectivity index (χ2n) is 4.52. The summed E-state index contributed by atoms with van der Waals surface area (Å²) < 4.78 is 5.46. The molecule has 4 nitrogen and oxygen atoms in total. The summed E-state index contributed by atoms with van der Waals surface area (Å²) in [6.45, 7) is 3.45. The summed E-state index contributed by atoms with van der Waals surface area (Å²) in [5, 5.41) is 8.83. The molecule has 0 atom stereocenters. The summed E-state index contributed by atoms with van der Waals surface area (Å²) in [5.41, 5.74) is 0. The Hall–Kier alpha value is -1.29. The molecule has 2 rings (SSSR count). The summed E-state index contributed by atoms with van der Waals surface area (Å²) in [5.74, 6) is 1.63. The third kappa shape index (κ3) is 3.38. The fraction of sp³-hybridized carbons (Fsp3) is 0.583. The Morgan fingerprint density at radius 2 is 2.31 bits per heavy atom. The molecule has 88 valence electrons. The minimum absolute atomic E-state index is 0.0935.